The molecule has 2 atom stereocenters. The average Bonchev–Trinajstić information content (AvgIpc) is 3.32. The van der Waals surface area contributed by atoms with Gasteiger partial charge in [0, 0.05) is 37.2 Å². The van der Waals surface area contributed by atoms with Crippen LogP contribution in [0.25, 0.3) is 0 Å². The third-order valence-corrected chi connectivity index (χ3v) is 6.84. The van der Waals surface area contributed by atoms with Gasteiger partial charge in [-0.2, -0.15) is 0 Å². The molecule has 7 heteroatoms. The van der Waals surface area contributed by atoms with Gasteiger partial charge in [0.05, 0.1) is 13.7 Å². The van der Waals surface area contributed by atoms with Gasteiger partial charge in [0.1, 0.15) is 11.5 Å². The Bertz CT molecular complexity index is 1290. The summed E-state index contributed by atoms with van der Waals surface area (Å²) in [4.78, 5) is 21.2. The Labute approximate surface area is 217 Å². The molecule has 1 spiro atoms. The van der Waals surface area contributed by atoms with E-state index in [-0.39, 0.29) is 12.5 Å². The van der Waals surface area contributed by atoms with E-state index in [9.17, 15) is 4.79 Å². The number of rotatable bonds is 9. The minimum Gasteiger partial charge on any atom is -0.497 e. The van der Waals surface area contributed by atoms with E-state index in [2.05, 4.69) is 13.0 Å². The van der Waals surface area contributed by atoms with E-state index >= 15 is 0 Å². The van der Waals surface area contributed by atoms with Crippen molar-refractivity contribution in [3.8, 4) is 11.5 Å². The number of benzene rings is 3. The van der Waals surface area contributed by atoms with Crippen LogP contribution in [0.3, 0.4) is 0 Å². The first-order valence-corrected chi connectivity index (χ1v) is 12.7. The van der Waals surface area contributed by atoms with E-state index in [0.29, 0.717) is 43.4 Å². The molecule has 37 heavy (non-hydrogen) atoms. The zero-order valence-corrected chi connectivity index (χ0v) is 21.2. The summed E-state index contributed by atoms with van der Waals surface area (Å²) in [6.07, 6.45) is 1.23. The van der Waals surface area contributed by atoms with Gasteiger partial charge in [-0.3, -0.25) is 4.79 Å². The second-order valence-electron chi connectivity index (χ2n) is 9.33. The second kappa shape index (κ2) is 10.6. The van der Waals surface area contributed by atoms with Gasteiger partial charge in [-0.25, -0.2) is 4.99 Å². The van der Waals surface area contributed by atoms with E-state index < -0.39 is 11.6 Å². The highest BCUT2D eigenvalue weighted by Gasteiger charge is 2.57. The highest BCUT2D eigenvalue weighted by molar-refractivity contribution is 6.08. The molecule has 0 aliphatic carbocycles. The van der Waals surface area contributed by atoms with Crippen molar-refractivity contribution in [1.29, 1.82) is 0 Å². The van der Waals surface area contributed by atoms with Crippen LogP contribution in [0.2, 0.25) is 0 Å². The first-order valence-electron chi connectivity index (χ1n) is 12.7. The highest BCUT2D eigenvalue weighted by Crippen LogP contribution is 2.48. The molecule has 7 nitrogen and oxygen atoms in total. The van der Waals surface area contributed by atoms with Crippen molar-refractivity contribution >= 4 is 17.5 Å². The number of aliphatic hydroxyl groups excluding tert-OH is 1. The van der Waals surface area contributed by atoms with Crippen molar-refractivity contribution < 1.29 is 24.1 Å². The van der Waals surface area contributed by atoms with Crippen LogP contribution < -0.4 is 14.4 Å². The minimum absolute atomic E-state index is 0.0557. The Morgan fingerprint density at radius 3 is 2.65 bits per heavy atom. The SMILES string of the molecule is CCCN1C(=O)[C@]2(Cc3ccccc31)N=C(c1ccc(OCCCO)cc1)O[C@@H]2c1cccc(OC)c1. The van der Waals surface area contributed by atoms with Crippen molar-refractivity contribution in [3.63, 3.8) is 0 Å². The first kappa shape index (κ1) is 24.8. The van der Waals surface area contributed by atoms with Gasteiger partial charge in [0.2, 0.25) is 5.90 Å². The molecule has 0 saturated carbocycles. The number of carbonyl (C=O) groups excluding carboxylic acids is 1. The number of carbonyl (C=O) groups is 1. The summed E-state index contributed by atoms with van der Waals surface area (Å²) in [5.74, 6) is 1.77. The lowest BCUT2D eigenvalue weighted by molar-refractivity contribution is -0.126. The number of para-hydroxylation sites is 1. The Balaban J connectivity index is 1.58. The molecule has 1 N–H and O–H groups in total. The molecule has 0 radical (unpaired) electrons. The molecule has 3 aromatic carbocycles. The summed E-state index contributed by atoms with van der Waals surface area (Å²) in [6, 6.07) is 23.2. The number of fused-ring (bicyclic) bond motifs is 1. The van der Waals surface area contributed by atoms with Gasteiger partial charge in [-0.1, -0.05) is 37.3 Å². The summed E-state index contributed by atoms with van der Waals surface area (Å²) in [5, 5.41) is 8.99. The number of hydrogen-bond acceptors (Lipinski definition) is 6. The summed E-state index contributed by atoms with van der Waals surface area (Å²) in [7, 11) is 1.63. The molecule has 0 bridgehead atoms. The molecule has 2 aliphatic rings. The van der Waals surface area contributed by atoms with Crippen LogP contribution in [0.1, 0.15) is 42.6 Å². The Kier molecular flexibility index (Phi) is 7.15. The van der Waals surface area contributed by atoms with Crippen molar-refractivity contribution in [3.05, 3.63) is 89.5 Å². The molecule has 0 aromatic heterocycles. The molecule has 0 fully saturated rings. The van der Waals surface area contributed by atoms with E-state index in [1.54, 1.807) is 7.11 Å². The summed E-state index contributed by atoms with van der Waals surface area (Å²) >= 11 is 0. The van der Waals surface area contributed by atoms with Crippen LogP contribution in [-0.2, 0) is 16.0 Å². The summed E-state index contributed by atoms with van der Waals surface area (Å²) in [6.45, 7) is 3.20. The monoisotopic (exact) mass is 500 g/mol. The van der Waals surface area contributed by atoms with Crippen molar-refractivity contribution in [2.75, 3.05) is 31.8 Å². The molecule has 5 rings (SSSR count). The van der Waals surface area contributed by atoms with Gasteiger partial charge in [-0.15, -0.1) is 0 Å². The number of amides is 1. The number of ether oxygens (including phenoxy) is 3. The lowest BCUT2D eigenvalue weighted by Crippen LogP contribution is -2.55. The van der Waals surface area contributed by atoms with Crippen LogP contribution in [0.4, 0.5) is 5.69 Å². The quantitative estimate of drug-likeness (QED) is 0.431. The third-order valence-electron chi connectivity index (χ3n) is 6.84. The van der Waals surface area contributed by atoms with E-state index in [1.807, 2.05) is 71.6 Å². The van der Waals surface area contributed by atoms with Gasteiger partial charge in [0.25, 0.3) is 5.91 Å². The minimum atomic E-state index is -1.14. The Morgan fingerprint density at radius 1 is 1.08 bits per heavy atom. The first-order chi connectivity index (χ1) is 18.1. The number of methoxy groups -OCH3 is 1. The predicted molar refractivity (Wildman–Crippen MR) is 143 cm³/mol. The fraction of sp³-hybridized carbons (Fsp3) is 0.333. The molecule has 192 valence electrons. The lowest BCUT2D eigenvalue weighted by Gasteiger charge is -2.40. The molecular weight excluding hydrogens is 468 g/mol. The maximum atomic E-state index is 14.3. The van der Waals surface area contributed by atoms with Crippen LogP contribution in [0.5, 0.6) is 11.5 Å². The van der Waals surface area contributed by atoms with Gasteiger partial charge in [0.15, 0.2) is 11.6 Å². The number of nitrogens with zero attached hydrogens (tertiary/aromatic N) is 2. The van der Waals surface area contributed by atoms with Crippen LogP contribution in [-0.4, -0.2) is 49.3 Å². The third kappa shape index (κ3) is 4.67. The summed E-state index contributed by atoms with van der Waals surface area (Å²) in [5.41, 5.74) is 2.49. The molecule has 1 amide bonds. The van der Waals surface area contributed by atoms with Crippen LogP contribution >= 0.6 is 0 Å². The number of aliphatic hydroxyl groups is 1. The standard InChI is InChI=1S/C30H32N2O5/c1-3-16-32-26-11-5-4-8-23(26)20-30(29(32)34)27(22-9-6-10-25(19-22)35-2)37-28(31-30)21-12-14-24(15-13-21)36-18-7-17-33/h4-6,8-15,19,27,33H,3,7,16-18,20H2,1-2H3/t27-,30-/m1/s1. The topological polar surface area (TPSA) is 80.6 Å². The van der Waals surface area contributed by atoms with E-state index in [1.165, 1.54) is 0 Å². The van der Waals surface area contributed by atoms with E-state index in [4.69, 9.17) is 24.3 Å². The largest absolute Gasteiger partial charge is 0.497 e. The normalized spacial score (nSPS) is 20.4. The van der Waals surface area contributed by atoms with Gasteiger partial charge >= 0.3 is 0 Å². The smallest absolute Gasteiger partial charge is 0.259 e. The lowest BCUT2D eigenvalue weighted by atomic mass is 9.78. The number of anilines is 1. The Hall–Kier alpha value is -3.84. The highest BCUT2D eigenvalue weighted by atomic mass is 16.5. The van der Waals surface area contributed by atoms with Gasteiger partial charge < -0.3 is 24.2 Å². The molecule has 3 aromatic rings. The predicted octanol–water partition coefficient (Wildman–Crippen LogP) is 4.71. The molecule has 0 saturated heterocycles. The number of hydrogen-bond donors (Lipinski definition) is 1. The Morgan fingerprint density at radius 2 is 1.89 bits per heavy atom. The molecule has 2 heterocycles. The molecular formula is C30H32N2O5. The van der Waals surface area contributed by atoms with E-state index in [0.717, 1.165) is 28.8 Å². The zero-order valence-electron chi connectivity index (χ0n) is 21.2. The fourth-order valence-electron chi connectivity index (χ4n) is 5.08. The zero-order chi connectivity index (χ0) is 25.8. The fourth-order valence-corrected chi connectivity index (χ4v) is 5.08. The molecule has 0 unspecified atom stereocenters. The van der Waals surface area contributed by atoms with Crippen molar-refractivity contribution in [2.45, 2.75) is 37.8 Å². The maximum Gasteiger partial charge on any atom is 0.259 e. The average molecular weight is 501 g/mol. The number of aliphatic imine (C=N–C) groups is 1. The van der Waals surface area contributed by atoms with Crippen LogP contribution in [0, 0.1) is 0 Å². The van der Waals surface area contributed by atoms with Crippen molar-refractivity contribution in [2.24, 2.45) is 4.99 Å². The molecule has 2 aliphatic heterocycles. The summed E-state index contributed by atoms with van der Waals surface area (Å²) < 4.78 is 17.7. The van der Waals surface area contributed by atoms with Gasteiger partial charge in [-0.05, 0) is 60.0 Å². The maximum absolute atomic E-state index is 14.3. The second-order valence-corrected chi connectivity index (χ2v) is 9.33. The van der Waals surface area contributed by atoms with Crippen molar-refractivity contribution in [1.82, 2.24) is 0 Å². The van der Waals surface area contributed by atoms with Crippen LogP contribution in [0.15, 0.2) is 77.8 Å².